The average molecular weight is 357 g/mol. The Morgan fingerprint density at radius 1 is 0.720 bits per heavy atom. The molecule has 2 aliphatic heterocycles. The van der Waals surface area contributed by atoms with Crippen LogP contribution in [-0.2, 0) is 38.1 Å². The highest BCUT2D eigenvalue weighted by Crippen LogP contribution is 2.34. The predicted molar refractivity (Wildman–Crippen MR) is 82.2 cm³/mol. The molecule has 5 atom stereocenters. The van der Waals surface area contributed by atoms with Gasteiger partial charge in [0.2, 0.25) is 0 Å². The Bertz CT molecular complexity index is 548. The molecule has 2 aliphatic rings. The standard InChI is InChI=1S/C16H23NO8/c1-8(18)22-12-5-6-17-7-13(23-9(2)19)16(25-11(4)21)14(17)15(12)24-10(3)20/h12-16H,5-7H2,1-4H3/t12-,13+,14+,15+,16-/m1/s1. The Hall–Kier alpha value is -2.16. The molecule has 0 spiro atoms. The Morgan fingerprint density at radius 3 is 1.64 bits per heavy atom. The molecule has 25 heavy (non-hydrogen) atoms. The van der Waals surface area contributed by atoms with Crippen molar-refractivity contribution in [2.45, 2.75) is 64.6 Å². The van der Waals surface area contributed by atoms with Crippen LogP contribution in [0.2, 0.25) is 0 Å². The van der Waals surface area contributed by atoms with Crippen LogP contribution in [0, 0.1) is 0 Å². The summed E-state index contributed by atoms with van der Waals surface area (Å²) in [7, 11) is 0. The summed E-state index contributed by atoms with van der Waals surface area (Å²) >= 11 is 0. The van der Waals surface area contributed by atoms with E-state index in [0.29, 0.717) is 19.5 Å². The topological polar surface area (TPSA) is 108 Å². The van der Waals surface area contributed by atoms with Crippen LogP contribution in [0.15, 0.2) is 0 Å². The first-order chi connectivity index (χ1) is 11.7. The number of nitrogens with zero attached hydrogens (tertiary/aromatic N) is 1. The molecular formula is C16H23NO8. The maximum Gasteiger partial charge on any atom is 0.303 e. The van der Waals surface area contributed by atoms with Crippen molar-refractivity contribution < 1.29 is 38.1 Å². The summed E-state index contributed by atoms with van der Waals surface area (Å²) < 4.78 is 21.3. The van der Waals surface area contributed by atoms with E-state index in [1.165, 1.54) is 27.7 Å². The van der Waals surface area contributed by atoms with Gasteiger partial charge in [-0.25, -0.2) is 0 Å². The maximum absolute atomic E-state index is 11.5. The lowest BCUT2D eigenvalue weighted by molar-refractivity contribution is -0.185. The molecule has 2 fully saturated rings. The third-order valence-electron chi connectivity index (χ3n) is 4.18. The van der Waals surface area contributed by atoms with Crippen LogP contribution in [0.1, 0.15) is 34.1 Å². The second kappa shape index (κ2) is 7.81. The summed E-state index contributed by atoms with van der Waals surface area (Å²) in [5.41, 5.74) is 0. The first-order valence-electron chi connectivity index (χ1n) is 8.12. The monoisotopic (exact) mass is 357 g/mol. The molecule has 0 bridgehead atoms. The molecule has 2 rings (SSSR count). The molecule has 2 heterocycles. The highest BCUT2D eigenvalue weighted by molar-refractivity contribution is 5.68. The van der Waals surface area contributed by atoms with Crippen LogP contribution in [0.25, 0.3) is 0 Å². The van der Waals surface area contributed by atoms with Crippen LogP contribution in [0.4, 0.5) is 0 Å². The lowest BCUT2D eigenvalue weighted by atomic mass is 9.93. The van der Waals surface area contributed by atoms with Crippen molar-refractivity contribution >= 4 is 23.9 Å². The molecule has 0 aromatic carbocycles. The molecule has 0 saturated carbocycles. The van der Waals surface area contributed by atoms with Crippen molar-refractivity contribution in [1.29, 1.82) is 0 Å². The average Bonchev–Trinajstić information content (AvgIpc) is 2.77. The SMILES string of the molecule is CC(=O)O[C@@H]1[C@H]2[C@H](OC(C)=O)[C@@H](OC(C)=O)CN2CC[C@H]1OC(C)=O. The number of carbonyl (C=O) groups excluding carboxylic acids is 4. The largest absolute Gasteiger partial charge is 0.458 e. The third-order valence-corrected chi connectivity index (χ3v) is 4.18. The molecule has 9 nitrogen and oxygen atoms in total. The van der Waals surface area contributed by atoms with E-state index in [-0.39, 0.29) is 0 Å². The normalized spacial score (nSPS) is 31.6. The molecule has 0 N–H and O–H groups in total. The summed E-state index contributed by atoms with van der Waals surface area (Å²) in [4.78, 5) is 47.7. The van der Waals surface area contributed by atoms with Gasteiger partial charge in [-0.3, -0.25) is 24.1 Å². The van der Waals surface area contributed by atoms with Gasteiger partial charge in [0.15, 0.2) is 18.3 Å². The van der Waals surface area contributed by atoms with Gasteiger partial charge >= 0.3 is 23.9 Å². The van der Waals surface area contributed by atoms with Gasteiger partial charge in [0.25, 0.3) is 0 Å². The van der Waals surface area contributed by atoms with Crippen LogP contribution in [0.5, 0.6) is 0 Å². The number of fused-ring (bicyclic) bond motifs is 1. The second-order valence-electron chi connectivity index (χ2n) is 6.22. The van der Waals surface area contributed by atoms with E-state index in [0.717, 1.165) is 0 Å². The molecule has 140 valence electrons. The van der Waals surface area contributed by atoms with Gasteiger partial charge in [-0.2, -0.15) is 0 Å². The second-order valence-corrected chi connectivity index (χ2v) is 6.22. The highest BCUT2D eigenvalue weighted by Gasteiger charge is 2.55. The Morgan fingerprint density at radius 2 is 1.16 bits per heavy atom. The van der Waals surface area contributed by atoms with Gasteiger partial charge < -0.3 is 18.9 Å². The van der Waals surface area contributed by atoms with E-state index in [2.05, 4.69) is 0 Å². The number of rotatable bonds is 4. The minimum Gasteiger partial charge on any atom is -0.458 e. The molecule has 0 aromatic heterocycles. The zero-order valence-corrected chi connectivity index (χ0v) is 14.7. The fraction of sp³-hybridized carbons (Fsp3) is 0.750. The van der Waals surface area contributed by atoms with Crippen LogP contribution >= 0.6 is 0 Å². The van der Waals surface area contributed by atoms with Gasteiger partial charge in [0.05, 0.1) is 6.04 Å². The number of hydrogen-bond acceptors (Lipinski definition) is 9. The van der Waals surface area contributed by atoms with E-state index in [9.17, 15) is 19.2 Å². The number of carbonyl (C=O) groups is 4. The zero-order chi connectivity index (χ0) is 18.7. The smallest absolute Gasteiger partial charge is 0.303 e. The molecule has 0 radical (unpaired) electrons. The quantitative estimate of drug-likeness (QED) is 0.499. The number of hydrogen-bond donors (Lipinski definition) is 0. The van der Waals surface area contributed by atoms with Crippen molar-refractivity contribution in [1.82, 2.24) is 4.90 Å². The van der Waals surface area contributed by atoms with Crippen LogP contribution < -0.4 is 0 Å². The van der Waals surface area contributed by atoms with E-state index >= 15 is 0 Å². The minimum atomic E-state index is -0.819. The van der Waals surface area contributed by atoms with Gasteiger partial charge in [0.1, 0.15) is 6.10 Å². The molecule has 2 saturated heterocycles. The van der Waals surface area contributed by atoms with Crippen molar-refractivity contribution in [3.8, 4) is 0 Å². The summed E-state index contributed by atoms with van der Waals surface area (Å²) in [5, 5.41) is 0. The van der Waals surface area contributed by atoms with E-state index in [1.807, 2.05) is 4.90 Å². The van der Waals surface area contributed by atoms with Gasteiger partial charge in [-0.1, -0.05) is 0 Å². The fourth-order valence-electron chi connectivity index (χ4n) is 3.53. The van der Waals surface area contributed by atoms with E-state index < -0.39 is 54.3 Å². The van der Waals surface area contributed by atoms with Crippen LogP contribution in [0.3, 0.4) is 0 Å². The Kier molecular flexibility index (Phi) is 5.99. The zero-order valence-electron chi connectivity index (χ0n) is 14.7. The summed E-state index contributed by atoms with van der Waals surface area (Å²) in [6, 6.07) is -0.560. The Labute approximate surface area is 145 Å². The summed E-state index contributed by atoms with van der Waals surface area (Å²) in [5.74, 6) is -2.07. The molecular weight excluding hydrogens is 334 g/mol. The fourth-order valence-corrected chi connectivity index (χ4v) is 3.53. The lowest BCUT2D eigenvalue weighted by Crippen LogP contribution is -2.58. The molecule has 0 aromatic rings. The Balaban J connectivity index is 2.31. The van der Waals surface area contributed by atoms with Crippen molar-refractivity contribution in [3.05, 3.63) is 0 Å². The van der Waals surface area contributed by atoms with Gasteiger partial charge in [0, 0.05) is 47.2 Å². The highest BCUT2D eigenvalue weighted by atomic mass is 16.6. The number of ether oxygens (including phenoxy) is 4. The summed E-state index contributed by atoms with van der Waals surface area (Å²) in [6.45, 7) is 5.91. The van der Waals surface area contributed by atoms with E-state index in [1.54, 1.807) is 0 Å². The van der Waals surface area contributed by atoms with Crippen molar-refractivity contribution in [3.63, 3.8) is 0 Å². The van der Waals surface area contributed by atoms with E-state index in [4.69, 9.17) is 18.9 Å². The van der Waals surface area contributed by atoms with Crippen molar-refractivity contribution in [2.75, 3.05) is 13.1 Å². The first kappa shape index (κ1) is 19.2. The number of esters is 4. The predicted octanol–water partition coefficient (Wildman–Crippen LogP) is -0.199. The summed E-state index contributed by atoms with van der Waals surface area (Å²) in [6.07, 6.45) is -2.52. The molecule has 0 aliphatic carbocycles. The van der Waals surface area contributed by atoms with Crippen LogP contribution in [-0.4, -0.2) is 72.3 Å². The lowest BCUT2D eigenvalue weighted by Gasteiger charge is -2.41. The molecule has 0 unspecified atom stereocenters. The third kappa shape index (κ3) is 4.68. The molecule has 9 heteroatoms. The first-order valence-corrected chi connectivity index (χ1v) is 8.12. The van der Waals surface area contributed by atoms with Gasteiger partial charge in [-0.15, -0.1) is 0 Å². The maximum atomic E-state index is 11.5. The molecule has 0 amide bonds. The van der Waals surface area contributed by atoms with Crippen molar-refractivity contribution in [2.24, 2.45) is 0 Å². The number of piperidine rings is 1. The minimum absolute atomic E-state index is 0.340. The van der Waals surface area contributed by atoms with Gasteiger partial charge in [-0.05, 0) is 0 Å².